The Bertz CT molecular complexity index is 1110. The highest BCUT2D eigenvalue weighted by Gasteiger charge is 2.21. The number of hydrogen-bond donors (Lipinski definition) is 3. The summed E-state index contributed by atoms with van der Waals surface area (Å²) >= 11 is 0. The summed E-state index contributed by atoms with van der Waals surface area (Å²) in [6.45, 7) is 1.62. The van der Waals surface area contributed by atoms with Crippen molar-refractivity contribution in [2.75, 3.05) is 0 Å². The van der Waals surface area contributed by atoms with E-state index >= 15 is 0 Å². The Hall–Kier alpha value is -3.93. The average molecular weight is 446 g/mol. The van der Waals surface area contributed by atoms with Gasteiger partial charge < -0.3 is 15.5 Å². The molecule has 2 atom stereocenters. The van der Waals surface area contributed by atoms with Crippen LogP contribution in [0.15, 0.2) is 78.9 Å². The summed E-state index contributed by atoms with van der Waals surface area (Å²) in [6, 6.07) is 24.1. The van der Waals surface area contributed by atoms with Crippen LogP contribution in [0.5, 0.6) is 0 Å². The normalized spacial score (nSPS) is 12.5. The SMILES string of the molecule is C[C@H](CC(Cc1ccc(-c2ccccc2)cc1)NC(=O)c1cccc(CC(=O)O)c1)C(=O)O. The summed E-state index contributed by atoms with van der Waals surface area (Å²) in [5.74, 6) is -2.88. The molecule has 0 heterocycles. The van der Waals surface area contributed by atoms with E-state index < -0.39 is 23.9 Å². The largest absolute Gasteiger partial charge is 0.481 e. The van der Waals surface area contributed by atoms with Crippen LogP contribution in [-0.4, -0.2) is 34.1 Å². The van der Waals surface area contributed by atoms with E-state index in [2.05, 4.69) is 5.32 Å². The summed E-state index contributed by atoms with van der Waals surface area (Å²) in [7, 11) is 0. The number of hydrogen-bond acceptors (Lipinski definition) is 3. The fourth-order valence-corrected chi connectivity index (χ4v) is 3.74. The van der Waals surface area contributed by atoms with E-state index in [1.165, 1.54) is 0 Å². The fraction of sp³-hybridized carbons (Fsp3) is 0.222. The van der Waals surface area contributed by atoms with Crippen LogP contribution in [0.25, 0.3) is 11.1 Å². The van der Waals surface area contributed by atoms with Gasteiger partial charge in [0.25, 0.3) is 5.91 Å². The summed E-state index contributed by atoms with van der Waals surface area (Å²) in [6.07, 6.45) is 0.581. The second-order valence-electron chi connectivity index (χ2n) is 8.18. The fourth-order valence-electron chi connectivity index (χ4n) is 3.74. The molecule has 0 bridgehead atoms. The van der Waals surface area contributed by atoms with Gasteiger partial charge in [-0.3, -0.25) is 14.4 Å². The third-order valence-electron chi connectivity index (χ3n) is 5.48. The van der Waals surface area contributed by atoms with E-state index in [-0.39, 0.29) is 18.7 Å². The van der Waals surface area contributed by atoms with E-state index in [9.17, 15) is 19.5 Å². The van der Waals surface area contributed by atoms with Gasteiger partial charge in [-0.2, -0.15) is 0 Å². The van der Waals surface area contributed by atoms with Crippen molar-refractivity contribution in [3.63, 3.8) is 0 Å². The molecule has 6 heteroatoms. The van der Waals surface area contributed by atoms with E-state index in [0.717, 1.165) is 16.7 Å². The first-order valence-electron chi connectivity index (χ1n) is 10.8. The van der Waals surface area contributed by atoms with E-state index in [1.807, 2.05) is 54.6 Å². The van der Waals surface area contributed by atoms with Gasteiger partial charge in [0, 0.05) is 11.6 Å². The Balaban J connectivity index is 1.75. The smallest absolute Gasteiger partial charge is 0.307 e. The number of carbonyl (C=O) groups excluding carboxylic acids is 1. The topological polar surface area (TPSA) is 104 Å². The van der Waals surface area contributed by atoms with Crippen LogP contribution in [0.1, 0.15) is 34.8 Å². The van der Waals surface area contributed by atoms with Gasteiger partial charge in [0.15, 0.2) is 0 Å². The molecule has 0 aliphatic carbocycles. The lowest BCUT2D eigenvalue weighted by Crippen LogP contribution is -2.38. The Labute approximate surface area is 192 Å². The minimum Gasteiger partial charge on any atom is -0.481 e. The number of nitrogens with one attached hydrogen (secondary N) is 1. The van der Waals surface area contributed by atoms with Gasteiger partial charge in [-0.15, -0.1) is 0 Å². The Kier molecular flexibility index (Phi) is 7.97. The van der Waals surface area contributed by atoms with Crippen molar-refractivity contribution in [2.24, 2.45) is 5.92 Å². The highest BCUT2D eigenvalue weighted by atomic mass is 16.4. The molecule has 1 unspecified atom stereocenters. The maximum Gasteiger partial charge on any atom is 0.307 e. The number of carbonyl (C=O) groups is 3. The second kappa shape index (κ2) is 11.1. The van der Waals surface area contributed by atoms with Crippen LogP contribution in [-0.2, 0) is 22.4 Å². The second-order valence-corrected chi connectivity index (χ2v) is 8.18. The average Bonchev–Trinajstić information content (AvgIpc) is 2.79. The van der Waals surface area contributed by atoms with Crippen LogP contribution in [0, 0.1) is 5.92 Å². The molecular weight excluding hydrogens is 418 g/mol. The van der Waals surface area contributed by atoms with Crippen LogP contribution in [0.3, 0.4) is 0 Å². The van der Waals surface area contributed by atoms with Gasteiger partial charge in [0.05, 0.1) is 12.3 Å². The summed E-state index contributed by atoms with van der Waals surface area (Å²) in [5, 5.41) is 21.3. The van der Waals surface area contributed by atoms with Crippen molar-refractivity contribution in [3.8, 4) is 11.1 Å². The number of rotatable bonds is 10. The lowest BCUT2D eigenvalue weighted by atomic mass is 9.94. The maximum absolute atomic E-state index is 12.9. The van der Waals surface area contributed by atoms with Crippen molar-refractivity contribution in [2.45, 2.75) is 32.2 Å². The molecule has 0 saturated carbocycles. The molecule has 0 fully saturated rings. The van der Waals surface area contributed by atoms with Crippen molar-refractivity contribution >= 4 is 17.8 Å². The van der Waals surface area contributed by atoms with Gasteiger partial charge in [0.2, 0.25) is 0 Å². The minimum absolute atomic E-state index is 0.172. The van der Waals surface area contributed by atoms with Gasteiger partial charge in [0.1, 0.15) is 0 Å². The molecule has 3 aromatic carbocycles. The van der Waals surface area contributed by atoms with Gasteiger partial charge in [-0.1, -0.05) is 73.7 Å². The highest BCUT2D eigenvalue weighted by Crippen LogP contribution is 2.21. The Morgan fingerprint density at radius 3 is 2.12 bits per heavy atom. The molecule has 0 radical (unpaired) electrons. The third kappa shape index (κ3) is 7.04. The lowest BCUT2D eigenvalue weighted by Gasteiger charge is -2.21. The molecule has 0 aliphatic rings. The first-order chi connectivity index (χ1) is 15.8. The van der Waals surface area contributed by atoms with Gasteiger partial charge in [-0.25, -0.2) is 0 Å². The molecule has 3 aromatic rings. The molecule has 170 valence electrons. The monoisotopic (exact) mass is 445 g/mol. The zero-order valence-electron chi connectivity index (χ0n) is 18.4. The molecule has 0 aromatic heterocycles. The number of benzene rings is 3. The minimum atomic E-state index is -0.973. The van der Waals surface area contributed by atoms with Crippen LogP contribution < -0.4 is 5.32 Å². The highest BCUT2D eigenvalue weighted by molar-refractivity contribution is 5.94. The first-order valence-corrected chi connectivity index (χ1v) is 10.8. The van der Waals surface area contributed by atoms with Gasteiger partial charge >= 0.3 is 11.9 Å². The molecule has 3 rings (SSSR count). The lowest BCUT2D eigenvalue weighted by molar-refractivity contribution is -0.141. The first kappa shape index (κ1) is 23.7. The molecule has 33 heavy (non-hydrogen) atoms. The quantitative estimate of drug-likeness (QED) is 0.428. The van der Waals surface area contributed by atoms with Crippen LogP contribution >= 0.6 is 0 Å². The molecule has 3 N–H and O–H groups in total. The molecule has 0 saturated heterocycles. The summed E-state index contributed by atoms with van der Waals surface area (Å²) in [4.78, 5) is 35.3. The molecule has 1 amide bonds. The van der Waals surface area contributed by atoms with Crippen molar-refractivity contribution in [1.82, 2.24) is 5.32 Å². The van der Waals surface area contributed by atoms with E-state index in [0.29, 0.717) is 17.5 Å². The van der Waals surface area contributed by atoms with Crippen molar-refractivity contribution in [1.29, 1.82) is 0 Å². The number of carboxylic acids is 2. The van der Waals surface area contributed by atoms with Crippen LogP contribution in [0.2, 0.25) is 0 Å². The van der Waals surface area contributed by atoms with E-state index in [1.54, 1.807) is 31.2 Å². The summed E-state index contributed by atoms with van der Waals surface area (Å²) < 4.78 is 0. The summed E-state index contributed by atoms with van der Waals surface area (Å²) in [5.41, 5.74) is 4.05. The standard InChI is InChI=1S/C27H27NO5/c1-18(27(32)33)14-24(28-26(31)23-9-5-6-20(15-23)17-25(29)30)16-19-10-12-22(13-11-19)21-7-3-2-4-8-21/h2-13,15,18,24H,14,16-17H2,1H3,(H,28,31)(H,29,30)(H,32,33)/t18-,24?/m1/s1. The predicted octanol–water partition coefficient (Wildman–Crippen LogP) is 4.43. The third-order valence-corrected chi connectivity index (χ3v) is 5.48. The number of carboxylic acid groups (broad SMARTS) is 2. The van der Waals surface area contributed by atoms with Crippen molar-refractivity contribution < 1.29 is 24.6 Å². The molecular formula is C27H27NO5. The number of amides is 1. The Morgan fingerprint density at radius 1 is 0.818 bits per heavy atom. The number of aliphatic carboxylic acids is 2. The van der Waals surface area contributed by atoms with Crippen molar-refractivity contribution in [3.05, 3.63) is 95.6 Å². The predicted molar refractivity (Wildman–Crippen MR) is 126 cm³/mol. The zero-order chi connectivity index (χ0) is 23.8. The maximum atomic E-state index is 12.9. The molecule has 0 aliphatic heterocycles. The Morgan fingerprint density at radius 2 is 1.48 bits per heavy atom. The van der Waals surface area contributed by atoms with E-state index in [4.69, 9.17) is 5.11 Å². The molecule has 0 spiro atoms. The molecule has 6 nitrogen and oxygen atoms in total. The van der Waals surface area contributed by atoms with Crippen LogP contribution in [0.4, 0.5) is 0 Å². The van der Waals surface area contributed by atoms with Gasteiger partial charge in [-0.05, 0) is 47.2 Å². The zero-order valence-corrected chi connectivity index (χ0v) is 18.4.